The van der Waals surface area contributed by atoms with Crippen molar-refractivity contribution in [2.24, 2.45) is 0 Å². The summed E-state index contributed by atoms with van der Waals surface area (Å²) in [5.41, 5.74) is 8.77. The van der Waals surface area contributed by atoms with Crippen LogP contribution in [-0.4, -0.2) is 6.61 Å². The Morgan fingerprint density at radius 1 is 1.30 bits per heavy atom. The highest BCUT2D eigenvalue weighted by Gasteiger charge is 2.09. The Kier molecular flexibility index (Phi) is 4.49. The van der Waals surface area contributed by atoms with Gasteiger partial charge in [0.2, 0.25) is 0 Å². The molecule has 0 saturated carbocycles. The Hall–Kier alpha value is -1.75. The van der Waals surface area contributed by atoms with Gasteiger partial charge < -0.3 is 15.8 Å². The summed E-state index contributed by atoms with van der Waals surface area (Å²) < 4.78 is 19.9. The molecule has 0 atom stereocenters. The Morgan fingerprint density at radius 3 is 2.70 bits per heavy atom. The maximum atomic E-state index is 13.6. The van der Waals surface area contributed by atoms with E-state index in [0.29, 0.717) is 18.0 Å². The van der Waals surface area contributed by atoms with Gasteiger partial charge in [-0.2, -0.15) is 0 Å². The smallest absolute Gasteiger partial charge is 0.167 e. The number of nitrogen functional groups attached to an aromatic ring is 1. The van der Waals surface area contributed by atoms with Gasteiger partial charge in [-0.3, -0.25) is 0 Å². The van der Waals surface area contributed by atoms with Crippen molar-refractivity contribution in [1.29, 1.82) is 0 Å². The van der Waals surface area contributed by atoms with E-state index in [-0.39, 0.29) is 5.75 Å². The molecule has 0 amide bonds. The molecule has 106 valence electrons. The maximum Gasteiger partial charge on any atom is 0.167 e. The van der Waals surface area contributed by atoms with E-state index in [9.17, 15) is 4.39 Å². The van der Waals surface area contributed by atoms with E-state index in [0.717, 1.165) is 15.7 Å². The number of anilines is 3. The van der Waals surface area contributed by atoms with Gasteiger partial charge in [0.05, 0.1) is 18.0 Å². The van der Waals surface area contributed by atoms with Crippen LogP contribution in [0.1, 0.15) is 12.5 Å². The first-order valence-electron chi connectivity index (χ1n) is 6.26. The monoisotopic (exact) mass is 338 g/mol. The van der Waals surface area contributed by atoms with Gasteiger partial charge in [-0.1, -0.05) is 15.9 Å². The number of ether oxygens (including phenoxy) is 1. The molecule has 2 aromatic rings. The lowest BCUT2D eigenvalue weighted by molar-refractivity contribution is 0.322. The molecule has 2 aromatic carbocycles. The number of aryl methyl sites for hydroxylation is 1. The molecule has 2 rings (SSSR count). The van der Waals surface area contributed by atoms with Crippen molar-refractivity contribution in [1.82, 2.24) is 0 Å². The highest BCUT2D eigenvalue weighted by molar-refractivity contribution is 9.10. The molecule has 3 nitrogen and oxygen atoms in total. The Morgan fingerprint density at radius 2 is 2.05 bits per heavy atom. The minimum Gasteiger partial charge on any atom is -0.491 e. The van der Waals surface area contributed by atoms with Crippen LogP contribution in [0.3, 0.4) is 0 Å². The molecule has 0 bridgehead atoms. The molecule has 0 spiro atoms. The molecular weight excluding hydrogens is 323 g/mol. The van der Waals surface area contributed by atoms with Gasteiger partial charge in [0.1, 0.15) is 0 Å². The van der Waals surface area contributed by atoms with Crippen LogP contribution in [0.25, 0.3) is 0 Å². The lowest BCUT2D eigenvalue weighted by Gasteiger charge is -2.13. The predicted octanol–water partition coefficient (Wildman–Crippen LogP) is 4.62. The van der Waals surface area contributed by atoms with Crippen molar-refractivity contribution in [3.8, 4) is 5.75 Å². The lowest BCUT2D eigenvalue weighted by Crippen LogP contribution is -2.01. The number of hydrogen-bond donors (Lipinski definition) is 2. The zero-order chi connectivity index (χ0) is 14.7. The first-order chi connectivity index (χ1) is 9.51. The van der Waals surface area contributed by atoms with Crippen LogP contribution in [0, 0.1) is 12.7 Å². The van der Waals surface area contributed by atoms with Crippen LogP contribution in [0.15, 0.2) is 34.8 Å². The number of hydrogen-bond acceptors (Lipinski definition) is 3. The van der Waals surface area contributed by atoms with Crippen LogP contribution in [0.2, 0.25) is 0 Å². The van der Waals surface area contributed by atoms with Crippen LogP contribution < -0.4 is 15.8 Å². The first-order valence-corrected chi connectivity index (χ1v) is 7.05. The summed E-state index contributed by atoms with van der Waals surface area (Å²) in [4.78, 5) is 0. The van der Waals surface area contributed by atoms with Crippen molar-refractivity contribution in [3.05, 3.63) is 46.2 Å². The van der Waals surface area contributed by atoms with Crippen LogP contribution in [0.5, 0.6) is 5.75 Å². The van der Waals surface area contributed by atoms with E-state index >= 15 is 0 Å². The van der Waals surface area contributed by atoms with E-state index in [1.165, 1.54) is 6.07 Å². The third-order valence-electron chi connectivity index (χ3n) is 2.84. The molecule has 0 fully saturated rings. The maximum absolute atomic E-state index is 13.6. The second-order valence-corrected chi connectivity index (χ2v) is 5.25. The molecule has 0 saturated heterocycles. The van der Waals surface area contributed by atoms with Gasteiger partial charge in [0, 0.05) is 22.3 Å². The topological polar surface area (TPSA) is 47.3 Å². The molecule has 0 heterocycles. The third kappa shape index (κ3) is 3.22. The van der Waals surface area contributed by atoms with Gasteiger partial charge in [-0.25, -0.2) is 4.39 Å². The number of halogens is 2. The Balaban J connectivity index is 2.32. The van der Waals surface area contributed by atoms with Gasteiger partial charge in [0.25, 0.3) is 0 Å². The quantitative estimate of drug-likeness (QED) is 0.799. The molecule has 3 N–H and O–H groups in total. The summed E-state index contributed by atoms with van der Waals surface area (Å²) >= 11 is 3.45. The van der Waals surface area contributed by atoms with Crippen LogP contribution in [0.4, 0.5) is 21.5 Å². The number of nitrogens with two attached hydrogens (primary N) is 1. The largest absolute Gasteiger partial charge is 0.491 e. The second-order valence-electron chi connectivity index (χ2n) is 4.39. The van der Waals surface area contributed by atoms with Crippen molar-refractivity contribution in [2.75, 3.05) is 17.7 Å². The molecule has 0 aromatic heterocycles. The molecule has 0 aliphatic carbocycles. The summed E-state index contributed by atoms with van der Waals surface area (Å²) in [5.74, 6) is -0.264. The van der Waals surface area contributed by atoms with E-state index in [2.05, 4.69) is 21.2 Å². The van der Waals surface area contributed by atoms with E-state index < -0.39 is 5.82 Å². The second kappa shape index (κ2) is 6.13. The fourth-order valence-electron chi connectivity index (χ4n) is 1.82. The minimum atomic E-state index is -0.457. The normalized spacial score (nSPS) is 10.4. The highest BCUT2D eigenvalue weighted by Crippen LogP contribution is 2.31. The van der Waals surface area contributed by atoms with Crippen LogP contribution in [-0.2, 0) is 0 Å². The fraction of sp³-hybridized carbons (Fsp3) is 0.200. The number of nitrogens with one attached hydrogen (secondary N) is 1. The summed E-state index contributed by atoms with van der Waals surface area (Å²) in [7, 11) is 0. The average molecular weight is 339 g/mol. The number of benzene rings is 2. The molecule has 0 aliphatic rings. The summed E-state index contributed by atoms with van der Waals surface area (Å²) in [6.45, 7) is 4.20. The van der Waals surface area contributed by atoms with Gasteiger partial charge in [-0.15, -0.1) is 0 Å². The van der Waals surface area contributed by atoms with Crippen LogP contribution >= 0.6 is 15.9 Å². The zero-order valence-electron chi connectivity index (χ0n) is 11.3. The molecule has 0 aliphatic heterocycles. The van der Waals surface area contributed by atoms with Crippen molar-refractivity contribution in [2.45, 2.75) is 13.8 Å². The average Bonchev–Trinajstić information content (AvgIpc) is 2.39. The third-order valence-corrected chi connectivity index (χ3v) is 3.73. The highest BCUT2D eigenvalue weighted by atomic mass is 79.9. The molecule has 0 radical (unpaired) electrons. The Labute approximate surface area is 126 Å². The van der Waals surface area contributed by atoms with E-state index in [1.807, 2.05) is 25.1 Å². The fourth-order valence-corrected chi connectivity index (χ4v) is 2.07. The van der Waals surface area contributed by atoms with Gasteiger partial charge in [-0.05, 0) is 37.6 Å². The summed E-state index contributed by atoms with van der Waals surface area (Å²) in [6, 6.07) is 8.68. The van der Waals surface area contributed by atoms with E-state index in [1.54, 1.807) is 13.0 Å². The molecular formula is C15H16BrFN2O. The molecule has 5 heteroatoms. The van der Waals surface area contributed by atoms with Crippen molar-refractivity contribution >= 4 is 33.0 Å². The minimum absolute atomic E-state index is 0.193. The predicted molar refractivity (Wildman–Crippen MR) is 84.1 cm³/mol. The summed E-state index contributed by atoms with van der Waals surface area (Å²) in [5, 5.41) is 3.17. The molecule has 0 unspecified atom stereocenters. The Bertz CT molecular complexity index is 632. The standard InChI is InChI=1S/C15H16BrFN2O/c1-3-20-15-8-14(13(18)7-12(15)17)19-10-4-5-11(16)9(2)6-10/h4-8,19H,3,18H2,1-2H3. The number of rotatable bonds is 4. The SMILES string of the molecule is CCOc1cc(Nc2ccc(Br)c(C)c2)c(N)cc1F. The summed E-state index contributed by atoms with van der Waals surface area (Å²) in [6.07, 6.45) is 0. The zero-order valence-corrected chi connectivity index (χ0v) is 12.9. The molecule has 20 heavy (non-hydrogen) atoms. The lowest BCUT2D eigenvalue weighted by atomic mass is 10.2. The van der Waals surface area contributed by atoms with Crippen molar-refractivity contribution < 1.29 is 9.13 Å². The van der Waals surface area contributed by atoms with Gasteiger partial charge in [0.15, 0.2) is 11.6 Å². The van der Waals surface area contributed by atoms with Crippen molar-refractivity contribution in [3.63, 3.8) is 0 Å². The first kappa shape index (κ1) is 14.7. The van der Waals surface area contributed by atoms with Gasteiger partial charge >= 0.3 is 0 Å². The van der Waals surface area contributed by atoms with E-state index in [4.69, 9.17) is 10.5 Å².